The molecule has 0 heterocycles. The molecule has 5 heteroatoms. The van der Waals surface area contributed by atoms with Gasteiger partial charge in [0, 0.05) is 43.9 Å². The largest absolute Gasteiger partial charge is 0.374 e. The predicted molar refractivity (Wildman–Crippen MR) is 89.9 cm³/mol. The molecule has 0 aromatic heterocycles. The van der Waals surface area contributed by atoms with Crippen LogP contribution < -0.4 is 15.5 Å². The molecule has 1 amide bonds. The number of halogens is 1. The zero-order valence-electron chi connectivity index (χ0n) is 13.5. The van der Waals surface area contributed by atoms with Crippen molar-refractivity contribution in [3.8, 4) is 0 Å². The van der Waals surface area contributed by atoms with E-state index in [1.807, 2.05) is 37.1 Å². The Morgan fingerprint density at radius 1 is 1.33 bits per heavy atom. The van der Waals surface area contributed by atoms with Crippen LogP contribution in [0.3, 0.4) is 0 Å². The maximum Gasteiger partial charge on any atom is 0.224 e. The number of anilines is 1. The summed E-state index contributed by atoms with van der Waals surface area (Å²) in [6, 6.07) is 6.46. The third-order valence-electron chi connectivity index (χ3n) is 3.42. The van der Waals surface area contributed by atoms with Gasteiger partial charge in [0.1, 0.15) is 0 Å². The summed E-state index contributed by atoms with van der Waals surface area (Å²) in [7, 11) is 3.63. The van der Waals surface area contributed by atoms with Crippen LogP contribution in [0.5, 0.6) is 0 Å². The van der Waals surface area contributed by atoms with Crippen molar-refractivity contribution in [2.24, 2.45) is 5.92 Å². The van der Waals surface area contributed by atoms with Gasteiger partial charge in [-0.1, -0.05) is 38.4 Å². The molecule has 2 N–H and O–H groups in total. The van der Waals surface area contributed by atoms with Crippen LogP contribution in [-0.4, -0.2) is 32.6 Å². The van der Waals surface area contributed by atoms with E-state index in [1.54, 1.807) is 7.05 Å². The van der Waals surface area contributed by atoms with Gasteiger partial charge in [0.15, 0.2) is 0 Å². The van der Waals surface area contributed by atoms with Crippen molar-refractivity contribution < 1.29 is 4.79 Å². The molecule has 0 bridgehead atoms. The first-order valence-electron chi connectivity index (χ1n) is 7.29. The molecule has 0 saturated heterocycles. The zero-order chi connectivity index (χ0) is 16.0. The van der Waals surface area contributed by atoms with Crippen LogP contribution >= 0.6 is 11.6 Å². The Labute approximate surface area is 132 Å². The number of rotatable bonds is 7. The van der Waals surface area contributed by atoms with E-state index in [2.05, 4.69) is 24.5 Å². The summed E-state index contributed by atoms with van der Waals surface area (Å²) in [6.45, 7) is 7.54. The van der Waals surface area contributed by atoms with Crippen LogP contribution in [-0.2, 0) is 11.3 Å². The average molecular weight is 312 g/mol. The molecule has 0 aliphatic carbocycles. The predicted octanol–water partition coefficient (Wildman–Crippen LogP) is 2.66. The van der Waals surface area contributed by atoms with Crippen LogP contribution in [0.4, 0.5) is 5.69 Å². The molecule has 4 nitrogen and oxygen atoms in total. The van der Waals surface area contributed by atoms with Crippen molar-refractivity contribution >= 4 is 23.2 Å². The van der Waals surface area contributed by atoms with Crippen LogP contribution in [0.2, 0.25) is 5.02 Å². The van der Waals surface area contributed by atoms with E-state index in [0.29, 0.717) is 12.6 Å². The van der Waals surface area contributed by atoms with E-state index < -0.39 is 0 Å². The normalized spacial score (nSPS) is 12.3. The fraction of sp³-hybridized carbons (Fsp3) is 0.562. The van der Waals surface area contributed by atoms with Gasteiger partial charge in [-0.3, -0.25) is 4.79 Å². The van der Waals surface area contributed by atoms with E-state index in [4.69, 9.17) is 11.6 Å². The second kappa shape index (κ2) is 8.25. The number of carbonyl (C=O) groups is 1. The Kier molecular flexibility index (Phi) is 6.99. The summed E-state index contributed by atoms with van der Waals surface area (Å²) in [6.07, 6.45) is 0. The van der Waals surface area contributed by atoms with Gasteiger partial charge < -0.3 is 15.5 Å². The van der Waals surface area contributed by atoms with Crippen LogP contribution in [0, 0.1) is 5.92 Å². The number of carbonyl (C=O) groups excluding carboxylic acids is 1. The molecule has 0 radical (unpaired) electrons. The lowest BCUT2D eigenvalue weighted by atomic mass is 10.1. The minimum Gasteiger partial charge on any atom is -0.374 e. The smallest absolute Gasteiger partial charge is 0.224 e. The fourth-order valence-corrected chi connectivity index (χ4v) is 2.32. The Morgan fingerprint density at radius 2 is 2.00 bits per heavy atom. The number of amides is 1. The third kappa shape index (κ3) is 5.56. The van der Waals surface area contributed by atoms with E-state index in [0.717, 1.165) is 22.8 Å². The molecular formula is C16H26ClN3O. The van der Waals surface area contributed by atoms with Crippen molar-refractivity contribution in [3.63, 3.8) is 0 Å². The molecule has 0 fully saturated rings. The van der Waals surface area contributed by atoms with Gasteiger partial charge in [-0.05, 0) is 17.7 Å². The van der Waals surface area contributed by atoms with Crippen molar-refractivity contribution in [2.45, 2.75) is 33.4 Å². The molecule has 0 aliphatic rings. The number of benzene rings is 1. The van der Waals surface area contributed by atoms with Crippen LogP contribution in [0.15, 0.2) is 18.2 Å². The van der Waals surface area contributed by atoms with Gasteiger partial charge in [-0.25, -0.2) is 0 Å². The summed E-state index contributed by atoms with van der Waals surface area (Å²) >= 11 is 6.34. The molecule has 0 aliphatic heterocycles. The summed E-state index contributed by atoms with van der Waals surface area (Å²) in [5, 5.41) is 6.77. The third-order valence-corrected chi connectivity index (χ3v) is 3.77. The standard InChI is InChI=1S/C16H26ClN3O/c1-11(2)19-9-13-6-7-14(8-15(13)17)20(5)10-12(3)16(21)18-4/h6-8,11-12,19H,9-10H2,1-5H3,(H,18,21). The summed E-state index contributed by atoms with van der Waals surface area (Å²) in [4.78, 5) is 13.6. The highest BCUT2D eigenvalue weighted by Gasteiger charge is 2.14. The first kappa shape index (κ1) is 17.8. The summed E-state index contributed by atoms with van der Waals surface area (Å²) in [5.41, 5.74) is 2.10. The van der Waals surface area contributed by atoms with Gasteiger partial charge in [0.25, 0.3) is 0 Å². The van der Waals surface area contributed by atoms with Gasteiger partial charge in [0.05, 0.1) is 5.92 Å². The van der Waals surface area contributed by atoms with Crippen LogP contribution in [0.25, 0.3) is 0 Å². The van der Waals surface area contributed by atoms with Gasteiger partial charge in [-0.15, -0.1) is 0 Å². The van der Waals surface area contributed by atoms with E-state index >= 15 is 0 Å². The number of hydrogen-bond donors (Lipinski definition) is 2. The second-order valence-corrected chi connectivity index (χ2v) is 6.11. The lowest BCUT2D eigenvalue weighted by Crippen LogP contribution is -2.34. The Bertz CT molecular complexity index is 477. The molecule has 1 rings (SSSR count). The van der Waals surface area contributed by atoms with Crippen molar-refractivity contribution in [1.82, 2.24) is 10.6 Å². The Balaban J connectivity index is 2.71. The summed E-state index contributed by atoms with van der Waals surface area (Å²) in [5.74, 6) is -0.0215. The van der Waals surface area contributed by atoms with Crippen molar-refractivity contribution in [1.29, 1.82) is 0 Å². The number of hydrogen-bond acceptors (Lipinski definition) is 3. The first-order chi connectivity index (χ1) is 9.85. The maximum absolute atomic E-state index is 11.6. The molecule has 1 aromatic carbocycles. The lowest BCUT2D eigenvalue weighted by molar-refractivity contribution is -0.123. The number of nitrogens with zero attached hydrogens (tertiary/aromatic N) is 1. The van der Waals surface area contributed by atoms with E-state index in [1.165, 1.54) is 0 Å². The molecule has 21 heavy (non-hydrogen) atoms. The zero-order valence-corrected chi connectivity index (χ0v) is 14.3. The number of nitrogens with one attached hydrogen (secondary N) is 2. The van der Waals surface area contributed by atoms with Gasteiger partial charge in [0.2, 0.25) is 5.91 Å². The van der Waals surface area contributed by atoms with Crippen molar-refractivity contribution in [2.75, 3.05) is 25.5 Å². The molecule has 0 spiro atoms. The highest BCUT2D eigenvalue weighted by Crippen LogP contribution is 2.23. The lowest BCUT2D eigenvalue weighted by Gasteiger charge is -2.23. The SMILES string of the molecule is CNC(=O)C(C)CN(C)c1ccc(CNC(C)C)c(Cl)c1. The average Bonchev–Trinajstić information content (AvgIpc) is 2.44. The topological polar surface area (TPSA) is 44.4 Å². The molecule has 1 atom stereocenters. The van der Waals surface area contributed by atoms with Crippen molar-refractivity contribution in [3.05, 3.63) is 28.8 Å². The minimum atomic E-state index is -0.0685. The highest BCUT2D eigenvalue weighted by molar-refractivity contribution is 6.31. The quantitative estimate of drug-likeness (QED) is 0.813. The minimum absolute atomic E-state index is 0.0469. The van der Waals surface area contributed by atoms with Crippen LogP contribution in [0.1, 0.15) is 26.3 Å². The second-order valence-electron chi connectivity index (χ2n) is 5.71. The maximum atomic E-state index is 11.6. The van der Waals surface area contributed by atoms with Gasteiger partial charge >= 0.3 is 0 Å². The Morgan fingerprint density at radius 3 is 2.52 bits per heavy atom. The fourth-order valence-electron chi connectivity index (χ4n) is 2.08. The molecule has 118 valence electrons. The monoisotopic (exact) mass is 311 g/mol. The highest BCUT2D eigenvalue weighted by atomic mass is 35.5. The van der Waals surface area contributed by atoms with E-state index in [9.17, 15) is 4.79 Å². The molecule has 1 aromatic rings. The van der Waals surface area contributed by atoms with E-state index in [-0.39, 0.29) is 11.8 Å². The Hall–Kier alpha value is -1.26. The first-order valence-corrected chi connectivity index (χ1v) is 7.67. The molecule has 1 unspecified atom stereocenters. The van der Waals surface area contributed by atoms with Gasteiger partial charge in [-0.2, -0.15) is 0 Å². The summed E-state index contributed by atoms with van der Waals surface area (Å²) < 4.78 is 0. The molecule has 0 saturated carbocycles. The molecular weight excluding hydrogens is 286 g/mol.